The fraction of sp³-hybridized carbons (Fsp3) is 0.395. The first-order chi connectivity index (χ1) is 35.1. The average molecular weight is 1230 g/mol. The van der Waals surface area contributed by atoms with Crippen LogP contribution in [-0.4, -0.2) is 161 Å². The number of nitrogens with zero attached hydrogens (tertiary/aromatic N) is 14. The Balaban J connectivity index is -0.000000157. The van der Waals surface area contributed by atoms with Gasteiger partial charge in [-0.2, -0.15) is 59.8 Å². The SMILES string of the molecule is C#CCN.C#CCNc1nc(Cl)nc(NCC#C)n1.C#CCNc1nc(NCC#C)nc(N(C)OC)n1.C#CCNc1nc(NCC#C)nc(N(C)OC)n1.CCOCC.CNOC.Cl.Cl.Cl.Cl.Clc1nc(Cl)nc(Cl)n1. The summed E-state index contributed by atoms with van der Waals surface area (Å²) < 4.78 is 4.83. The summed E-state index contributed by atoms with van der Waals surface area (Å²) in [5, 5.41) is 19.8. The third-order valence-electron chi connectivity index (χ3n) is 6.34. The Hall–Kier alpha value is -6.56. The lowest BCUT2D eigenvalue weighted by Crippen LogP contribution is -2.20. The molecule has 0 amide bonds. The first-order valence-electron chi connectivity index (χ1n) is 20.3. The fourth-order valence-electron chi connectivity index (χ4n) is 3.29. The standard InChI is InChI=1S/2C11H14N6O.C9H8ClN5.C4H10O.C3Cl3N3.C3H5N.C2H7NO.4ClH/c2*1-5-7-12-9-14-10(13-8-6-2)16-11(15-9)17(3)18-4;1-3-5-11-8-13-7(10)14-9(15-8)12-6-4-2;1-3-5-4-2;4-1-7-2(5)9-3(6)8-1;1-2-3-4;1-3-4-2;;;;/h2*1-2H,7-8H2,3-4H3,(H2,12,13,14,15,16);1-2H,5-6H2,(H2,11,12,13,14,15);3-4H2,1-2H3;;1H,3-4H2;3H,1-2H3;4*1H. The summed E-state index contributed by atoms with van der Waals surface area (Å²) in [4.78, 5) is 61.0. The molecule has 4 aromatic rings. The molecule has 9 N–H and O–H groups in total. The van der Waals surface area contributed by atoms with Crippen LogP contribution >= 0.6 is 96.0 Å². The number of hydrogen-bond donors (Lipinski definition) is 8. The van der Waals surface area contributed by atoms with Gasteiger partial charge in [-0.15, -0.1) is 94.6 Å². The number of hydrogen-bond acceptors (Lipinski definition) is 26. The summed E-state index contributed by atoms with van der Waals surface area (Å²) in [7, 11) is 9.64. The van der Waals surface area contributed by atoms with Crippen molar-refractivity contribution in [2.24, 2.45) is 5.73 Å². The van der Waals surface area contributed by atoms with Crippen LogP contribution in [-0.2, 0) is 19.2 Å². The van der Waals surface area contributed by atoms with Crippen molar-refractivity contribution in [3.05, 3.63) is 21.1 Å². The highest BCUT2D eigenvalue weighted by atomic mass is 35.5. The highest BCUT2D eigenvalue weighted by molar-refractivity contribution is 6.33. The first-order valence-corrected chi connectivity index (χ1v) is 21.8. The monoisotopic (exact) mass is 1230 g/mol. The van der Waals surface area contributed by atoms with Gasteiger partial charge in [0.05, 0.1) is 67.1 Å². The van der Waals surface area contributed by atoms with Crippen molar-refractivity contribution in [3.63, 3.8) is 0 Å². The van der Waals surface area contributed by atoms with Gasteiger partial charge in [0.25, 0.3) is 11.9 Å². The van der Waals surface area contributed by atoms with Crippen LogP contribution in [0.1, 0.15) is 13.8 Å². The Labute approximate surface area is 495 Å². The summed E-state index contributed by atoms with van der Waals surface area (Å²) in [6, 6.07) is 0. The second-order valence-electron chi connectivity index (χ2n) is 11.3. The van der Waals surface area contributed by atoms with Crippen molar-refractivity contribution >= 4 is 144 Å². The van der Waals surface area contributed by atoms with Crippen LogP contribution < -0.4 is 53.2 Å². The van der Waals surface area contributed by atoms with E-state index in [1.165, 1.54) is 24.3 Å². The fourth-order valence-corrected chi connectivity index (χ4v) is 4.06. The highest BCUT2D eigenvalue weighted by Crippen LogP contribution is 2.14. The van der Waals surface area contributed by atoms with Crippen LogP contribution in [0.4, 0.5) is 47.6 Å². The normalized spacial score (nSPS) is 8.29. The first kappa shape index (κ1) is 84.4. The van der Waals surface area contributed by atoms with Crippen molar-refractivity contribution in [1.29, 1.82) is 0 Å². The summed E-state index contributed by atoms with van der Waals surface area (Å²) in [6.07, 6.45) is 35.4. The zero-order chi connectivity index (χ0) is 55.7. The molecular formula is C43H62Cl8N22O4. The molecule has 4 aromatic heterocycles. The largest absolute Gasteiger partial charge is 0.382 e. The Kier molecular flexibility index (Phi) is 64.3. The van der Waals surface area contributed by atoms with E-state index in [-0.39, 0.29) is 70.8 Å². The maximum absolute atomic E-state index is 5.66. The Morgan fingerprint density at radius 2 is 0.636 bits per heavy atom. The van der Waals surface area contributed by atoms with E-state index in [0.717, 1.165) is 13.2 Å². The number of aromatic nitrogens is 12. The number of nitrogens with two attached hydrogens (primary N) is 1. The van der Waals surface area contributed by atoms with Gasteiger partial charge in [0, 0.05) is 34.4 Å². The molecule has 0 aromatic carbocycles. The molecule has 4 heterocycles. The van der Waals surface area contributed by atoms with Gasteiger partial charge in [-0.3, -0.25) is 9.68 Å². The van der Waals surface area contributed by atoms with E-state index in [1.54, 1.807) is 28.3 Å². The number of halogens is 8. The molecule has 0 saturated heterocycles. The Morgan fingerprint density at radius 3 is 0.792 bits per heavy atom. The number of anilines is 8. The minimum absolute atomic E-state index is 0. The van der Waals surface area contributed by atoms with Gasteiger partial charge in [0.2, 0.25) is 56.8 Å². The molecule has 4 rings (SSSR count). The van der Waals surface area contributed by atoms with Crippen LogP contribution in [0.3, 0.4) is 0 Å². The lowest BCUT2D eigenvalue weighted by molar-refractivity contribution is 0.112. The molecule has 0 atom stereocenters. The number of ether oxygens (including phenoxy) is 1. The molecular weight excluding hydrogens is 1170 g/mol. The second kappa shape index (κ2) is 58.7. The number of hydroxylamine groups is 3. The van der Waals surface area contributed by atoms with Crippen molar-refractivity contribution < 1.29 is 19.2 Å². The molecule has 0 bridgehead atoms. The van der Waals surface area contributed by atoms with E-state index in [2.05, 4.69) is 150 Å². The predicted molar refractivity (Wildman–Crippen MR) is 319 cm³/mol. The molecule has 0 saturated carbocycles. The van der Waals surface area contributed by atoms with Gasteiger partial charge in [-0.25, -0.2) is 15.6 Å². The lowest BCUT2D eigenvalue weighted by atomic mass is 10.6. The summed E-state index contributed by atoms with van der Waals surface area (Å²) in [5.41, 5.74) is 7.22. The molecule has 0 aliphatic carbocycles. The predicted octanol–water partition coefficient (Wildman–Crippen LogP) is 4.44. The van der Waals surface area contributed by atoms with Crippen molar-refractivity contribution in [2.45, 2.75) is 13.8 Å². The van der Waals surface area contributed by atoms with Crippen LogP contribution in [0.2, 0.25) is 21.1 Å². The summed E-state index contributed by atoms with van der Waals surface area (Å²) >= 11 is 21.6. The second-order valence-corrected chi connectivity index (χ2v) is 12.6. The molecule has 0 spiro atoms. The maximum Gasteiger partial charge on any atom is 0.256 e. The summed E-state index contributed by atoms with van der Waals surface area (Å²) in [6.45, 7) is 7.90. The zero-order valence-corrected chi connectivity index (χ0v) is 49.3. The smallest absolute Gasteiger partial charge is 0.256 e. The van der Waals surface area contributed by atoms with E-state index in [1.807, 2.05) is 13.8 Å². The molecule has 0 unspecified atom stereocenters. The molecule has 0 fully saturated rings. The highest BCUT2D eigenvalue weighted by Gasteiger charge is 2.11. The third-order valence-corrected chi connectivity index (χ3v) is 7.02. The number of rotatable bonds is 19. The Morgan fingerprint density at radius 1 is 0.429 bits per heavy atom. The van der Waals surface area contributed by atoms with E-state index in [9.17, 15) is 0 Å². The van der Waals surface area contributed by atoms with Gasteiger partial charge in [-0.1, -0.05) is 41.4 Å². The average Bonchev–Trinajstić information content (AvgIpc) is 3.39. The third kappa shape index (κ3) is 47.6. The molecule has 26 nitrogen and oxygen atoms in total. The lowest BCUT2D eigenvalue weighted by Gasteiger charge is -2.15. The van der Waals surface area contributed by atoms with E-state index < -0.39 is 0 Å². The van der Waals surface area contributed by atoms with Gasteiger partial charge in [-0.05, 0) is 60.3 Å². The molecule has 0 radical (unpaired) electrons. The minimum Gasteiger partial charge on any atom is -0.382 e. The number of nitrogens with one attached hydrogen (secondary N) is 7. The van der Waals surface area contributed by atoms with Crippen LogP contribution in [0.25, 0.3) is 0 Å². The molecule has 424 valence electrons. The van der Waals surface area contributed by atoms with Gasteiger partial charge in [0.1, 0.15) is 0 Å². The maximum atomic E-state index is 5.66. The molecule has 34 heteroatoms. The van der Waals surface area contributed by atoms with Crippen molar-refractivity contribution in [3.8, 4) is 86.4 Å². The Bertz CT molecular complexity index is 2190. The summed E-state index contributed by atoms with van der Waals surface area (Å²) in [5.74, 6) is 19.4. The topological polar surface area (TPSA) is 308 Å². The molecule has 0 aliphatic heterocycles. The van der Waals surface area contributed by atoms with E-state index >= 15 is 0 Å². The van der Waals surface area contributed by atoms with Crippen LogP contribution in [0, 0.1) is 86.4 Å². The quantitative estimate of drug-likeness (QED) is 0.0475. The molecule has 0 aliphatic rings. The number of terminal acetylenes is 7. The van der Waals surface area contributed by atoms with E-state index in [0.29, 0.717) is 93.4 Å². The van der Waals surface area contributed by atoms with Gasteiger partial charge >= 0.3 is 0 Å². The van der Waals surface area contributed by atoms with Crippen molar-refractivity contribution in [1.82, 2.24) is 65.3 Å². The minimum atomic E-state index is 0. The van der Waals surface area contributed by atoms with Crippen LogP contribution in [0.5, 0.6) is 0 Å². The zero-order valence-electron chi connectivity index (χ0n) is 43.0. The van der Waals surface area contributed by atoms with Crippen LogP contribution in [0.15, 0.2) is 0 Å². The van der Waals surface area contributed by atoms with Gasteiger partial charge < -0.3 is 47.2 Å². The van der Waals surface area contributed by atoms with E-state index in [4.69, 9.17) is 105 Å². The molecule has 77 heavy (non-hydrogen) atoms. The van der Waals surface area contributed by atoms with Gasteiger partial charge in [0.15, 0.2) is 0 Å². The van der Waals surface area contributed by atoms with Crippen molar-refractivity contribution in [2.75, 3.05) is 144 Å².